The molecule has 2 unspecified atom stereocenters. The van der Waals surface area contributed by atoms with Crippen molar-refractivity contribution in [1.82, 2.24) is 0 Å². The van der Waals surface area contributed by atoms with Gasteiger partial charge in [-0.2, -0.15) is 0 Å². The molecule has 1 heteroatoms. The zero-order valence-electron chi connectivity index (χ0n) is 11.5. The van der Waals surface area contributed by atoms with Gasteiger partial charge in [-0.3, -0.25) is 0 Å². The minimum absolute atomic E-state index is 0.487. The van der Waals surface area contributed by atoms with E-state index >= 15 is 0 Å². The molecule has 0 aromatic carbocycles. The summed E-state index contributed by atoms with van der Waals surface area (Å²) in [6.45, 7) is 4.23. The number of hydrogen-bond acceptors (Lipinski definition) is 1. The maximum Gasteiger partial charge on any atom is 0.0860 e. The quantitative estimate of drug-likeness (QED) is 0.702. The molecule has 1 N–H and O–H groups in total. The summed E-state index contributed by atoms with van der Waals surface area (Å²) in [6, 6.07) is 0. The van der Waals surface area contributed by atoms with Crippen molar-refractivity contribution in [3.63, 3.8) is 0 Å². The van der Waals surface area contributed by atoms with Crippen LogP contribution in [0.5, 0.6) is 0 Å². The van der Waals surface area contributed by atoms with Gasteiger partial charge in [0.15, 0.2) is 0 Å². The zero-order chi connectivity index (χ0) is 12.3. The van der Waals surface area contributed by atoms with Gasteiger partial charge in [0.05, 0.1) is 5.60 Å². The average molecular weight is 236 g/mol. The first-order valence-electron chi connectivity index (χ1n) is 7.50. The first-order chi connectivity index (χ1) is 8.12. The number of aliphatic hydroxyl groups is 1. The Bertz CT molecular complexity index is 271. The molecule has 17 heavy (non-hydrogen) atoms. The zero-order valence-corrected chi connectivity index (χ0v) is 11.5. The summed E-state index contributed by atoms with van der Waals surface area (Å²) in [5.41, 5.74) is 0.786. The van der Waals surface area contributed by atoms with Crippen LogP contribution in [0.1, 0.15) is 71.6 Å². The van der Waals surface area contributed by atoms with E-state index in [1.54, 1.807) is 0 Å². The Kier molecular flexibility index (Phi) is 4.30. The molecule has 0 spiro atoms. The van der Waals surface area contributed by atoms with E-state index in [9.17, 15) is 5.11 Å². The van der Waals surface area contributed by atoms with Gasteiger partial charge in [0.1, 0.15) is 0 Å². The Morgan fingerprint density at radius 3 is 2.29 bits per heavy atom. The summed E-state index contributed by atoms with van der Waals surface area (Å²) < 4.78 is 0. The highest BCUT2D eigenvalue weighted by molar-refractivity contribution is 5.12. The first-order valence-corrected chi connectivity index (χ1v) is 7.50. The molecule has 0 aliphatic heterocycles. The minimum Gasteiger partial charge on any atom is -0.385 e. The summed E-state index contributed by atoms with van der Waals surface area (Å²) in [6.07, 6.45) is 13.8. The molecule has 0 saturated heterocycles. The maximum atomic E-state index is 11.0. The van der Waals surface area contributed by atoms with Crippen LogP contribution < -0.4 is 0 Å². The van der Waals surface area contributed by atoms with Crippen LogP contribution in [0.25, 0.3) is 0 Å². The molecule has 2 rings (SSSR count). The number of allylic oxidation sites excluding steroid dienone is 1. The third-order valence-corrected chi connectivity index (χ3v) is 4.74. The maximum absolute atomic E-state index is 11.0. The van der Waals surface area contributed by atoms with E-state index in [-0.39, 0.29) is 0 Å². The second-order valence-corrected chi connectivity index (χ2v) is 6.46. The molecule has 2 aliphatic carbocycles. The fourth-order valence-electron chi connectivity index (χ4n) is 4.07. The second-order valence-electron chi connectivity index (χ2n) is 6.46. The van der Waals surface area contributed by atoms with Gasteiger partial charge >= 0.3 is 0 Å². The van der Waals surface area contributed by atoms with Crippen LogP contribution in [0.4, 0.5) is 0 Å². The molecule has 0 aromatic rings. The van der Waals surface area contributed by atoms with Crippen LogP contribution in [-0.4, -0.2) is 10.7 Å². The van der Waals surface area contributed by atoms with Gasteiger partial charge < -0.3 is 5.11 Å². The monoisotopic (exact) mass is 236 g/mol. The smallest absolute Gasteiger partial charge is 0.0860 e. The topological polar surface area (TPSA) is 20.2 Å². The van der Waals surface area contributed by atoms with Crippen molar-refractivity contribution >= 4 is 0 Å². The molecule has 0 heterocycles. The molecule has 2 atom stereocenters. The van der Waals surface area contributed by atoms with E-state index in [4.69, 9.17) is 0 Å². The number of hydrogen-bond donors (Lipinski definition) is 1. The molecule has 0 amide bonds. The van der Waals surface area contributed by atoms with Gasteiger partial charge in [-0.1, -0.05) is 56.6 Å². The Morgan fingerprint density at radius 2 is 1.65 bits per heavy atom. The van der Waals surface area contributed by atoms with E-state index in [1.165, 1.54) is 56.9 Å². The lowest BCUT2D eigenvalue weighted by molar-refractivity contribution is -0.0393. The lowest BCUT2D eigenvalue weighted by Gasteiger charge is -2.44. The summed E-state index contributed by atoms with van der Waals surface area (Å²) in [7, 11) is 0. The first kappa shape index (κ1) is 13.1. The van der Waals surface area contributed by atoms with E-state index in [1.807, 2.05) is 0 Å². The third kappa shape index (κ3) is 3.13. The van der Waals surface area contributed by atoms with Crippen LogP contribution in [0.3, 0.4) is 0 Å². The van der Waals surface area contributed by atoms with Crippen molar-refractivity contribution in [1.29, 1.82) is 0 Å². The van der Waals surface area contributed by atoms with Crippen molar-refractivity contribution in [2.75, 3.05) is 0 Å². The van der Waals surface area contributed by atoms with E-state index in [0.717, 1.165) is 12.3 Å². The van der Waals surface area contributed by atoms with Crippen molar-refractivity contribution in [2.45, 2.75) is 77.2 Å². The Labute approximate surface area is 106 Å². The van der Waals surface area contributed by atoms with Crippen molar-refractivity contribution < 1.29 is 5.11 Å². The lowest BCUT2D eigenvalue weighted by Crippen LogP contribution is -2.43. The molecule has 98 valence electrons. The second kappa shape index (κ2) is 5.56. The van der Waals surface area contributed by atoms with Gasteiger partial charge in [0, 0.05) is 0 Å². The predicted molar refractivity (Wildman–Crippen MR) is 72.9 cm³/mol. The van der Waals surface area contributed by atoms with Crippen LogP contribution in [0, 0.1) is 11.8 Å². The summed E-state index contributed by atoms with van der Waals surface area (Å²) in [5.74, 6) is 1.32. The SMILES string of the molecule is CC(C)=CC1(O)CCCCC1C1CCCCC1. The van der Waals surface area contributed by atoms with Gasteiger partial charge in [0.2, 0.25) is 0 Å². The van der Waals surface area contributed by atoms with Gasteiger partial charge in [-0.15, -0.1) is 0 Å². The Hall–Kier alpha value is -0.300. The van der Waals surface area contributed by atoms with Gasteiger partial charge in [0.25, 0.3) is 0 Å². The van der Waals surface area contributed by atoms with Crippen LogP contribution in [0.15, 0.2) is 11.6 Å². The normalized spacial score (nSPS) is 35.6. The van der Waals surface area contributed by atoms with E-state index < -0.39 is 5.60 Å². The molecule has 2 fully saturated rings. The molecular formula is C16H28O. The van der Waals surface area contributed by atoms with Gasteiger partial charge in [-0.25, -0.2) is 0 Å². The molecule has 0 aromatic heterocycles. The van der Waals surface area contributed by atoms with Crippen molar-refractivity contribution in [3.05, 3.63) is 11.6 Å². The highest BCUT2D eigenvalue weighted by Gasteiger charge is 2.41. The van der Waals surface area contributed by atoms with Crippen molar-refractivity contribution in [2.24, 2.45) is 11.8 Å². The van der Waals surface area contributed by atoms with Crippen LogP contribution in [0.2, 0.25) is 0 Å². The Morgan fingerprint density at radius 1 is 1.00 bits per heavy atom. The molecule has 1 nitrogen and oxygen atoms in total. The highest BCUT2D eigenvalue weighted by atomic mass is 16.3. The largest absolute Gasteiger partial charge is 0.385 e. The standard InChI is InChI=1S/C16H28O/c1-13(2)12-16(17)11-7-6-10-15(16)14-8-4-3-5-9-14/h12,14-15,17H,3-11H2,1-2H3. The lowest BCUT2D eigenvalue weighted by atomic mass is 9.65. The molecule has 2 saturated carbocycles. The molecule has 2 aliphatic rings. The van der Waals surface area contributed by atoms with E-state index in [2.05, 4.69) is 19.9 Å². The summed E-state index contributed by atoms with van der Waals surface area (Å²) >= 11 is 0. The predicted octanol–water partition coefficient (Wildman–Crippen LogP) is 4.45. The van der Waals surface area contributed by atoms with Crippen LogP contribution >= 0.6 is 0 Å². The third-order valence-electron chi connectivity index (χ3n) is 4.74. The molecular weight excluding hydrogens is 208 g/mol. The van der Waals surface area contributed by atoms with Crippen LogP contribution in [-0.2, 0) is 0 Å². The fraction of sp³-hybridized carbons (Fsp3) is 0.875. The minimum atomic E-state index is -0.487. The fourth-order valence-corrected chi connectivity index (χ4v) is 4.07. The molecule has 0 radical (unpaired) electrons. The van der Waals surface area contributed by atoms with E-state index in [0.29, 0.717) is 5.92 Å². The Balaban J connectivity index is 2.13. The summed E-state index contributed by atoms with van der Waals surface area (Å²) in [4.78, 5) is 0. The average Bonchev–Trinajstić information content (AvgIpc) is 2.29. The highest BCUT2D eigenvalue weighted by Crippen LogP contribution is 2.44. The van der Waals surface area contributed by atoms with Crippen molar-refractivity contribution in [3.8, 4) is 0 Å². The van der Waals surface area contributed by atoms with Gasteiger partial charge in [-0.05, 0) is 38.5 Å². The number of rotatable bonds is 2. The summed E-state index contributed by atoms with van der Waals surface area (Å²) in [5, 5.41) is 11.0. The molecule has 0 bridgehead atoms.